The summed E-state index contributed by atoms with van der Waals surface area (Å²) in [5.41, 5.74) is 2.48. The summed E-state index contributed by atoms with van der Waals surface area (Å²) in [6.07, 6.45) is 4.80. The molecule has 192 valence electrons. The van der Waals surface area contributed by atoms with Gasteiger partial charge in [0.15, 0.2) is 11.2 Å². The van der Waals surface area contributed by atoms with Gasteiger partial charge in [0.1, 0.15) is 10.5 Å². The number of benzene rings is 2. The monoisotopic (exact) mass is 545 g/mol. The Balaban J connectivity index is 1.42. The first-order valence-electron chi connectivity index (χ1n) is 11.9. The van der Waals surface area contributed by atoms with Crippen molar-refractivity contribution in [1.29, 1.82) is 0 Å². The molecule has 1 unspecified atom stereocenters. The Morgan fingerprint density at radius 1 is 1.08 bits per heavy atom. The second-order valence-electron chi connectivity index (χ2n) is 9.34. The number of aromatic nitrogens is 4. The normalized spacial score (nSPS) is 18.0. The summed E-state index contributed by atoms with van der Waals surface area (Å²) in [4.78, 5) is 27.8. The molecule has 3 aromatic heterocycles. The number of amides is 1. The van der Waals surface area contributed by atoms with E-state index in [2.05, 4.69) is 9.97 Å². The summed E-state index contributed by atoms with van der Waals surface area (Å²) < 4.78 is 28.1. The van der Waals surface area contributed by atoms with Crippen LogP contribution in [0.15, 0.2) is 77.4 Å². The van der Waals surface area contributed by atoms with E-state index < -0.39 is 15.6 Å². The van der Waals surface area contributed by atoms with Gasteiger partial charge in [-0.1, -0.05) is 35.9 Å². The quantitative estimate of drug-likeness (QED) is 0.357. The Hall–Kier alpha value is -3.93. The molecule has 1 N–H and O–H groups in total. The molecule has 2 aromatic carbocycles. The van der Waals surface area contributed by atoms with Crippen molar-refractivity contribution >= 4 is 38.4 Å². The highest BCUT2D eigenvalue weighted by atomic mass is 32.2. The van der Waals surface area contributed by atoms with Crippen LogP contribution in [0.3, 0.4) is 0 Å². The van der Waals surface area contributed by atoms with Crippen molar-refractivity contribution in [2.75, 3.05) is 13.6 Å². The molecule has 0 radical (unpaired) electrons. The summed E-state index contributed by atoms with van der Waals surface area (Å²) in [5, 5.41) is 13.5. The third-order valence-electron chi connectivity index (χ3n) is 6.85. The zero-order valence-corrected chi connectivity index (χ0v) is 22.2. The maximum absolute atomic E-state index is 13.5. The average molecular weight is 546 g/mol. The van der Waals surface area contributed by atoms with Crippen LogP contribution in [0, 0.1) is 6.92 Å². The number of thiazole rings is 1. The molecular formula is C27H23N5O4S2. The smallest absolute Gasteiger partial charge is 0.269 e. The lowest BCUT2D eigenvalue weighted by Crippen LogP contribution is -2.36. The van der Waals surface area contributed by atoms with Gasteiger partial charge in [-0.25, -0.2) is 22.4 Å². The first kappa shape index (κ1) is 24.4. The van der Waals surface area contributed by atoms with E-state index in [0.29, 0.717) is 40.3 Å². The molecule has 4 heterocycles. The number of carbonyl (C=O) groups is 1. The maximum Gasteiger partial charge on any atom is 0.269 e. The van der Waals surface area contributed by atoms with E-state index >= 15 is 0 Å². The molecule has 0 saturated carbocycles. The van der Waals surface area contributed by atoms with Crippen molar-refractivity contribution in [1.82, 2.24) is 23.8 Å². The van der Waals surface area contributed by atoms with E-state index in [1.807, 2.05) is 18.4 Å². The second kappa shape index (κ2) is 8.83. The minimum Gasteiger partial charge on any atom is -0.375 e. The minimum absolute atomic E-state index is 0.152. The number of likely N-dealkylation sites (N-methyl/N-ethyl adjacent to an activating group) is 1. The molecule has 1 fully saturated rings. The summed E-state index contributed by atoms with van der Waals surface area (Å²) >= 11 is 1.35. The van der Waals surface area contributed by atoms with Gasteiger partial charge < -0.3 is 10.0 Å². The fourth-order valence-electron chi connectivity index (χ4n) is 4.67. The molecule has 0 spiro atoms. The molecule has 1 amide bonds. The van der Waals surface area contributed by atoms with Crippen LogP contribution in [0.5, 0.6) is 0 Å². The molecule has 0 aliphatic carbocycles. The maximum atomic E-state index is 13.5. The van der Waals surface area contributed by atoms with Crippen molar-refractivity contribution in [3.63, 3.8) is 0 Å². The first-order valence-corrected chi connectivity index (χ1v) is 14.2. The second-order valence-corrected chi connectivity index (χ2v) is 12.0. The molecule has 1 aliphatic heterocycles. The molecular weight excluding hydrogens is 522 g/mol. The predicted molar refractivity (Wildman–Crippen MR) is 144 cm³/mol. The van der Waals surface area contributed by atoms with Crippen molar-refractivity contribution in [2.45, 2.75) is 23.8 Å². The van der Waals surface area contributed by atoms with Crippen LogP contribution in [0.25, 0.3) is 33.0 Å². The standard InChI is InChI=1S/C27H23N5O4S2/c1-17-6-8-20(9-7-17)38(35,36)32-15-21(23-24(32)29-12-11-28-23)25-30-22(16-37-25)18-4-3-5-19(14-18)27(34)10-13-31(2)26(27)33/h3-9,11-12,14-16,34H,10,13H2,1-2H3. The van der Waals surface area contributed by atoms with Gasteiger partial charge in [0, 0.05) is 49.5 Å². The topological polar surface area (TPSA) is 118 Å². The Kier molecular flexibility index (Phi) is 5.67. The van der Waals surface area contributed by atoms with Crippen molar-refractivity contribution < 1.29 is 18.3 Å². The highest BCUT2D eigenvalue weighted by Crippen LogP contribution is 2.37. The number of aryl methyl sites for hydroxylation is 1. The van der Waals surface area contributed by atoms with Gasteiger partial charge in [0.05, 0.1) is 16.2 Å². The number of hydrogen-bond donors (Lipinski definition) is 1. The lowest BCUT2D eigenvalue weighted by Gasteiger charge is -2.21. The first-order chi connectivity index (χ1) is 18.2. The average Bonchev–Trinajstić information content (AvgIpc) is 3.63. The van der Waals surface area contributed by atoms with Crippen molar-refractivity contribution in [3.8, 4) is 21.8 Å². The molecule has 5 aromatic rings. The number of carbonyl (C=O) groups excluding carboxylic acids is 1. The van der Waals surface area contributed by atoms with Crippen LogP contribution in [0.4, 0.5) is 0 Å². The third kappa shape index (κ3) is 3.82. The summed E-state index contributed by atoms with van der Waals surface area (Å²) in [5.74, 6) is -0.324. The number of aliphatic hydroxyl groups is 1. The Labute approximate surface area is 223 Å². The Morgan fingerprint density at radius 3 is 2.58 bits per heavy atom. The van der Waals surface area contributed by atoms with Crippen molar-refractivity contribution in [2.24, 2.45) is 0 Å². The SMILES string of the molecule is Cc1ccc(S(=O)(=O)n2cc(-c3nc(-c4cccc(C5(O)CCN(C)C5=O)c4)cs3)c3nccnc32)cc1. The zero-order chi connectivity index (χ0) is 26.7. The molecule has 6 rings (SSSR count). The van der Waals surface area contributed by atoms with Gasteiger partial charge >= 0.3 is 0 Å². The van der Waals surface area contributed by atoms with E-state index in [9.17, 15) is 18.3 Å². The van der Waals surface area contributed by atoms with Gasteiger partial charge in [-0.2, -0.15) is 0 Å². The number of hydrogen-bond acceptors (Lipinski definition) is 8. The fourth-order valence-corrected chi connectivity index (χ4v) is 6.82. The van der Waals surface area contributed by atoms with Gasteiger partial charge in [0.2, 0.25) is 0 Å². The van der Waals surface area contributed by atoms with E-state index in [-0.39, 0.29) is 16.4 Å². The predicted octanol–water partition coefficient (Wildman–Crippen LogP) is 3.82. The van der Waals surface area contributed by atoms with Crippen LogP contribution in [0.1, 0.15) is 17.5 Å². The molecule has 1 aliphatic rings. The van der Waals surface area contributed by atoms with E-state index in [0.717, 1.165) is 15.1 Å². The van der Waals surface area contributed by atoms with Gasteiger partial charge in [-0.15, -0.1) is 11.3 Å². The van der Waals surface area contributed by atoms with Crippen LogP contribution in [0.2, 0.25) is 0 Å². The molecule has 0 bridgehead atoms. The lowest BCUT2D eigenvalue weighted by molar-refractivity contribution is -0.143. The largest absolute Gasteiger partial charge is 0.375 e. The van der Waals surface area contributed by atoms with Gasteiger partial charge in [-0.3, -0.25) is 9.78 Å². The van der Waals surface area contributed by atoms with Crippen LogP contribution < -0.4 is 0 Å². The molecule has 1 saturated heterocycles. The molecule has 1 atom stereocenters. The fraction of sp³-hybridized carbons (Fsp3) is 0.185. The lowest BCUT2D eigenvalue weighted by atomic mass is 9.90. The van der Waals surface area contributed by atoms with Crippen LogP contribution in [-0.4, -0.2) is 56.8 Å². The third-order valence-corrected chi connectivity index (χ3v) is 9.39. The summed E-state index contributed by atoms with van der Waals surface area (Å²) in [6.45, 7) is 2.38. The highest BCUT2D eigenvalue weighted by Gasteiger charge is 2.45. The zero-order valence-electron chi connectivity index (χ0n) is 20.6. The minimum atomic E-state index is -3.92. The van der Waals surface area contributed by atoms with Crippen molar-refractivity contribution in [3.05, 3.63) is 83.6 Å². The number of likely N-dealkylation sites (tertiary alicyclic amines) is 1. The Bertz CT molecular complexity index is 1810. The molecule has 38 heavy (non-hydrogen) atoms. The summed E-state index contributed by atoms with van der Waals surface area (Å²) in [6, 6.07) is 13.8. The van der Waals surface area contributed by atoms with E-state index in [1.54, 1.807) is 49.5 Å². The number of rotatable bonds is 5. The van der Waals surface area contributed by atoms with E-state index in [4.69, 9.17) is 4.98 Å². The number of fused-ring (bicyclic) bond motifs is 1. The van der Waals surface area contributed by atoms with Crippen LogP contribution >= 0.6 is 11.3 Å². The van der Waals surface area contributed by atoms with Gasteiger partial charge in [0.25, 0.3) is 15.9 Å². The molecule has 9 nitrogen and oxygen atoms in total. The summed E-state index contributed by atoms with van der Waals surface area (Å²) in [7, 11) is -2.24. The highest BCUT2D eigenvalue weighted by molar-refractivity contribution is 7.90. The number of nitrogens with zero attached hydrogens (tertiary/aromatic N) is 5. The van der Waals surface area contributed by atoms with E-state index in [1.165, 1.54) is 34.8 Å². The van der Waals surface area contributed by atoms with Gasteiger partial charge in [-0.05, 0) is 30.7 Å². The Morgan fingerprint density at radius 2 is 1.84 bits per heavy atom. The molecule has 11 heteroatoms. The van der Waals surface area contributed by atoms with Crippen LogP contribution in [-0.2, 0) is 20.4 Å².